The van der Waals surface area contributed by atoms with E-state index in [2.05, 4.69) is 5.32 Å². The van der Waals surface area contributed by atoms with Crippen LogP contribution in [0.5, 0.6) is 11.5 Å². The third-order valence-electron chi connectivity index (χ3n) is 4.65. The standard InChI is InChI=1S/C19H24N2O6/c1-2-25-19(24)13-7-9-21(10-8-13)18(23)17(22)20-11-14-12-26-15-5-3-4-6-16(15)27-14/h3-6,13-14H,2,7-12H2,1H3,(H,20,22). The zero-order chi connectivity index (χ0) is 19.2. The molecule has 3 rings (SSSR count). The first kappa shape index (κ1) is 19.0. The first-order valence-corrected chi connectivity index (χ1v) is 9.20. The lowest BCUT2D eigenvalue weighted by molar-refractivity contribution is -0.152. The summed E-state index contributed by atoms with van der Waals surface area (Å²) in [6, 6.07) is 7.30. The van der Waals surface area contributed by atoms with Gasteiger partial charge in [0.15, 0.2) is 11.5 Å². The molecule has 0 saturated carbocycles. The van der Waals surface area contributed by atoms with Gasteiger partial charge in [0.25, 0.3) is 0 Å². The summed E-state index contributed by atoms with van der Waals surface area (Å²) in [6.07, 6.45) is 0.661. The third-order valence-corrected chi connectivity index (χ3v) is 4.65. The molecule has 146 valence electrons. The number of ether oxygens (including phenoxy) is 3. The van der Waals surface area contributed by atoms with E-state index in [9.17, 15) is 14.4 Å². The van der Waals surface area contributed by atoms with Crippen LogP contribution in [0.4, 0.5) is 0 Å². The van der Waals surface area contributed by atoms with Gasteiger partial charge in [-0.15, -0.1) is 0 Å². The number of amides is 2. The van der Waals surface area contributed by atoms with Crippen LogP contribution in [0.3, 0.4) is 0 Å². The Labute approximate surface area is 157 Å². The second-order valence-electron chi connectivity index (χ2n) is 6.53. The summed E-state index contributed by atoms with van der Waals surface area (Å²) in [7, 11) is 0. The number of para-hydroxylation sites is 2. The molecule has 2 amide bonds. The van der Waals surface area contributed by atoms with E-state index in [0.29, 0.717) is 50.6 Å². The lowest BCUT2D eigenvalue weighted by Gasteiger charge is -2.30. The number of rotatable bonds is 4. The highest BCUT2D eigenvalue weighted by atomic mass is 16.6. The average Bonchev–Trinajstić information content (AvgIpc) is 2.71. The van der Waals surface area contributed by atoms with Gasteiger partial charge in [-0.25, -0.2) is 0 Å². The van der Waals surface area contributed by atoms with Gasteiger partial charge in [-0.1, -0.05) is 12.1 Å². The fraction of sp³-hybridized carbons (Fsp3) is 0.526. The van der Waals surface area contributed by atoms with Crippen molar-refractivity contribution in [3.8, 4) is 11.5 Å². The van der Waals surface area contributed by atoms with Crippen molar-refractivity contribution in [1.29, 1.82) is 0 Å². The van der Waals surface area contributed by atoms with Crippen LogP contribution in [0.2, 0.25) is 0 Å². The molecule has 2 heterocycles. The average molecular weight is 376 g/mol. The van der Waals surface area contributed by atoms with E-state index in [0.717, 1.165) is 0 Å². The van der Waals surface area contributed by atoms with Gasteiger partial charge in [-0.05, 0) is 31.9 Å². The van der Waals surface area contributed by atoms with Crippen LogP contribution < -0.4 is 14.8 Å². The molecule has 1 fully saturated rings. The molecular weight excluding hydrogens is 352 g/mol. The first-order valence-electron chi connectivity index (χ1n) is 9.20. The monoisotopic (exact) mass is 376 g/mol. The van der Waals surface area contributed by atoms with E-state index in [1.165, 1.54) is 4.90 Å². The van der Waals surface area contributed by atoms with Gasteiger partial charge >= 0.3 is 17.8 Å². The highest BCUT2D eigenvalue weighted by Gasteiger charge is 2.31. The van der Waals surface area contributed by atoms with Crippen molar-refractivity contribution in [2.24, 2.45) is 5.92 Å². The molecule has 1 aromatic rings. The number of nitrogens with zero attached hydrogens (tertiary/aromatic N) is 1. The normalized spacial score (nSPS) is 19.3. The van der Waals surface area contributed by atoms with Crippen LogP contribution in [0.25, 0.3) is 0 Å². The molecule has 0 bridgehead atoms. The maximum absolute atomic E-state index is 12.3. The van der Waals surface area contributed by atoms with Crippen molar-refractivity contribution in [1.82, 2.24) is 10.2 Å². The minimum Gasteiger partial charge on any atom is -0.486 e. The van der Waals surface area contributed by atoms with Crippen LogP contribution in [-0.2, 0) is 19.1 Å². The van der Waals surface area contributed by atoms with Crippen molar-refractivity contribution in [2.45, 2.75) is 25.9 Å². The molecule has 0 aromatic heterocycles. The third kappa shape index (κ3) is 4.69. The maximum atomic E-state index is 12.3. The molecule has 1 aromatic carbocycles. The van der Waals surface area contributed by atoms with Crippen molar-refractivity contribution >= 4 is 17.8 Å². The van der Waals surface area contributed by atoms with E-state index in [4.69, 9.17) is 14.2 Å². The Bertz CT molecular complexity index is 699. The fourth-order valence-electron chi connectivity index (χ4n) is 3.17. The largest absolute Gasteiger partial charge is 0.486 e. The Balaban J connectivity index is 1.43. The quantitative estimate of drug-likeness (QED) is 0.615. The predicted molar refractivity (Wildman–Crippen MR) is 95.3 cm³/mol. The number of likely N-dealkylation sites (tertiary alicyclic amines) is 1. The molecule has 0 spiro atoms. The summed E-state index contributed by atoms with van der Waals surface area (Å²) in [5.74, 6) is -0.411. The lowest BCUT2D eigenvalue weighted by atomic mass is 9.97. The number of esters is 1. The van der Waals surface area contributed by atoms with Gasteiger partial charge in [0.1, 0.15) is 12.7 Å². The Morgan fingerprint density at radius 3 is 2.59 bits per heavy atom. The molecule has 0 radical (unpaired) electrons. The van der Waals surface area contributed by atoms with Gasteiger partial charge in [-0.2, -0.15) is 0 Å². The van der Waals surface area contributed by atoms with Gasteiger partial charge < -0.3 is 24.4 Å². The summed E-state index contributed by atoms with van der Waals surface area (Å²) in [5, 5.41) is 2.61. The number of fused-ring (bicyclic) bond motifs is 1. The summed E-state index contributed by atoms with van der Waals surface area (Å²) in [6.45, 7) is 3.32. The van der Waals surface area contributed by atoms with Crippen LogP contribution in [-0.4, -0.2) is 61.6 Å². The SMILES string of the molecule is CCOC(=O)C1CCN(C(=O)C(=O)NCC2COc3ccccc3O2)CC1. The van der Waals surface area contributed by atoms with E-state index >= 15 is 0 Å². The molecule has 8 heteroatoms. The van der Waals surface area contributed by atoms with Crippen molar-refractivity contribution < 1.29 is 28.6 Å². The number of hydrogen-bond acceptors (Lipinski definition) is 6. The van der Waals surface area contributed by atoms with Gasteiger partial charge in [0, 0.05) is 13.1 Å². The molecule has 0 aliphatic carbocycles. The van der Waals surface area contributed by atoms with Crippen LogP contribution in [0, 0.1) is 5.92 Å². The van der Waals surface area contributed by atoms with Crippen LogP contribution >= 0.6 is 0 Å². The van der Waals surface area contributed by atoms with Crippen molar-refractivity contribution in [3.63, 3.8) is 0 Å². The highest BCUT2D eigenvalue weighted by molar-refractivity contribution is 6.35. The number of piperidine rings is 1. The summed E-state index contributed by atoms with van der Waals surface area (Å²) < 4.78 is 16.3. The molecule has 8 nitrogen and oxygen atoms in total. The topological polar surface area (TPSA) is 94.2 Å². The fourth-order valence-corrected chi connectivity index (χ4v) is 3.17. The summed E-state index contributed by atoms with van der Waals surface area (Å²) >= 11 is 0. The second-order valence-corrected chi connectivity index (χ2v) is 6.53. The number of carbonyl (C=O) groups is 3. The molecule has 27 heavy (non-hydrogen) atoms. The molecule has 1 N–H and O–H groups in total. The van der Waals surface area contributed by atoms with E-state index in [1.807, 2.05) is 18.2 Å². The van der Waals surface area contributed by atoms with E-state index < -0.39 is 11.8 Å². The van der Waals surface area contributed by atoms with Crippen LogP contribution in [0.15, 0.2) is 24.3 Å². The van der Waals surface area contributed by atoms with Crippen molar-refractivity contribution in [2.75, 3.05) is 32.8 Å². The Hall–Kier alpha value is -2.77. The first-order chi connectivity index (χ1) is 13.1. The lowest BCUT2D eigenvalue weighted by Crippen LogP contribution is -2.49. The summed E-state index contributed by atoms with van der Waals surface area (Å²) in [5.41, 5.74) is 0. The molecule has 1 saturated heterocycles. The minimum atomic E-state index is -0.674. The molecule has 2 aliphatic heterocycles. The van der Waals surface area contributed by atoms with E-state index in [1.54, 1.807) is 13.0 Å². The molecular formula is C19H24N2O6. The zero-order valence-corrected chi connectivity index (χ0v) is 15.3. The molecule has 1 unspecified atom stereocenters. The van der Waals surface area contributed by atoms with Crippen molar-refractivity contribution in [3.05, 3.63) is 24.3 Å². The molecule has 2 aliphatic rings. The van der Waals surface area contributed by atoms with Gasteiger partial charge in [-0.3, -0.25) is 14.4 Å². The maximum Gasteiger partial charge on any atom is 0.311 e. The summed E-state index contributed by atoms with van der Waals surface area (Å²) in [4.78, 5) is 37.7. The predicted octanol–water partition coefficient (Wildman–Crippen LogP) is 0.744. The Kier molecular flexibility index (Phi) is 6.16. The molecule has 1 atom stereocenters. The highest BCUT2D eigenvalue weighted by Crippen LogP contribution is 2.30. The number of hydrogen-bond donors (Lipinski definition) is 1. The number of benzene rings is 1. The zero-order valence-electron chi connectivity index (χ0n) is 15.3. The van der Waals surface area contributed by atoms with Gasteiger partial charge in [0.05, 0.1) is 19.1 Å². The Morgan fingerprint density at radius 1 is 1.19 bits per heavy atom. The van der Waals surface area contributed by atoms with Gasteiger partial charge in [0.2, 0.25) is 0 Å². The minimum absolute atomic E-state index is 0.179. The number of nitrogens with one attached hydrogen (secondary N) is 1. The smallest absolute Gasteiger partial charge is 0.311 e. The Morgan fingerprint density at radius 2 is 1.89 bits per heavy atom. The van der Waals surface area contributed by atoms with E-state index in [-0.39, 0.29) is 24.5 Å². The second kappa shape index (κ2) is 8.75. The number of carbonyl (C=O) groups excluding carboxylic acids is 3. The van der Waals surface area contributed by atoms with Crippen LogP contribution in [0.1, 0.15) is 19.8 Å².